The number of thiazole rings is 1. The second kappa shape index (κ2) is 12.6. The molecular formula is C25H32F3N5O4S. The summed E-state index contributed by atoms with van der Waals surface area (Å²) >= 11 is 1.38. The number of likely N-dealkylation sites (N-methyl/N-ethyl adjacent to an activating group) is 2. The maximum absolute atomic E-state index is 12.9. The fraction of sp³-hybridized carbons (Fsp3) is 0.520. The molecule has 9 nitrogen and oxygen atoms in total. The summed E-state index contributed by atoms with van der Waals surface area (Å²) in [6.45, 7) is 8.67. The molecule has 1 amide bonds. The summed E-state index contributed by atoms with van der Waals surface area (Å²) in [4.78, 5) is 33.3. The molecular weight excluding hydrogens is 523 g/mol. The molecule has 3 heterocycles. The summed E-state index contributed by atoms with van der Waals surface area (Å²) in [5.41, 5.74) is 2.64. The molecule has 0 aliphatic carbocycles. The quantitative estimate of drug-likeness (QED) is 0.442. The number of amides is 1. The van der Waals surface area contributed by atoms with E-state index in [1.54, 1.807) is 6.20 Å². The van der Waals surface area contributed by atoms with Gasteiger partial charge in [0.15, 0.2) is 5.58 Å². The number of aromatic nitrogens is 2. The lowest BCUT2D eigenvalue weighted by atomic mass is 9.99. The minimum atomic E-state index is -5.08. The van der Waals surface area contributed by atoms with Crippen LogP contribution in [-0.2, 0) is 4.79 Å². The topological polar surface area (TPSA) is 103 Å². The van der Waals surface area contributed by atoms with Crippen LogP contribution in [0.1, 0.15) is 36.4 Å². The van der Waals surface area contributed by atoms with E-state index in [1.165, 1.54) is 29.9 Å². The summed E-state index contributed by atoms with van der Waals surface area (Å²) < 4.78 is 37.4. The number of hydrogen-bond donors (Lipinski definition) is 1. The van der Waals surface area contributed by atoms with Crippen molar-refractivity contribution in [2.24, 2.45) is 5.92 Å². The molecule has 4 rings (SSSR count). The molecule has 1 aliphatic rings. The van der Waals surface area contributed by atoms with Crippen LogP contribution in [0.4, 0.5) is 18.9 Å². The van der Waals surface area contributed by atoms with Gasteiger partial charge >= 0.3 is 12.1 Å². The number of anilines is 1. The third kappa shape index (κ3) is 7.44. The third-order valence-corrected chi connectivity index (χ3v) is 7.24. The van der Waals surface area contributed by atoms with E-state index in [-0.39, 0.29) is 5.91 Å². The molecule has 0 radical (unpaired) electrons. The smallest absolute Gasteiger partial charge is 0.475 e. The number of aliphatic carboxylic acids is 1. The molecule has 1 aliphatic heterocycles. The molecule has 2 aromatic heterocycles. The molecule has 38 heavy (non-hydrogen) atoms. The van der Waals surface area contributed by atoms with Gasteiger partial charge in [-0.3, -0.25) is 4.79 Å². The number of carbonyl (C=O) groups is 2. The number of benzene rings is 1. The van der Waals surface area contributed by atoms with Gasteiger partial charge < -0.3 is 24.3 Å². The Hall–Kier alpha value is -3.19. The monoisotopic (exact) mass is 555 g/mol. The van der Waals surface area contributed by atoms with Gasteiger partial charge in [0.1, 0.15) is 15.6 Å². The second-order valence-corrected chi connectivity index (χ2v) is 10.4. The van der Waals surface area contributed by atoms with Crippen LogP contribution in [0.5, 0.6) is 0 Å². The lowest BCUT2D eigenvalue weighted by Crippen LogP contribution is -2.36. The molecule has 0 spiro atoms. The van der Waals surface area contributed by atoms with Crippen molar-refractivity contribution in [2.45, 2.75) is 32.9 Å². The Balaban J connectivity index is 0.000000505. The van der Waals surface area contributed by atoms with Gasteiger partial charge in [0.2, 0.25) is 0 Å². The lowest BCUT2D eigenvalue weighted by Gasteiger charge is -2.32. The summed E-state index contributed by atoms with van der Waals surface area (Å²) in [5, 5.41) is 13.1. The van der Waals surface area contributed by atoms with Crippen LogP contribution < -0.4 is 4.90 Å². The summed E-state index contributed by atoms with van der Waals surface area (Å²) in [6, 6.07) is 6.27. The molecule has 1 N–H and O–H groups in total. The fourth-order valence-corrected chi connectivity index (χ4v) is 4.79. The van der Waals surface area contributed by atoms with Crippen molar-refractivity contribution in [3.05, 3.63) is 29.3 Å². The van der Waals surface area contributed by atoms with Crippen LogP contribution in [-0.4, -0.2) is 89.9 Å². The van der Waals surface area contributed by atoms with Crippen LogP contribution in [0.15, 0.2) is 28.9 Å². The number of piperidine rings is 1. The zero-order valence-electron chi connectivity index (χ0n) is 21.8. The molecule has 0 saturated carbocycles. The Bertz CT molecular complexity index is 1240. The maximum atomic E-state index is 12.9. The third-order valence-electron chi connectivity index (χ3n) is 6.25. The van der Waals surface area contributed by atoms with E-state index >= 15 is 0 Å². The number of carboxylic acids is 1. The van der Waals surface area contributed by atoms with E-state index in [2.05, 4.69) is 45.1 Å². The highest BCUT2D eigenvalue weighted by Crippen LogP contribution is 2.34. The normalized spacial score (nSPS) is 14.5. The van der Waals surface area contributed by atoms with E-state index < -0.39 is 12.1 Å². The van der Waals surface area contributed by atoms with Crippen molar-refractivity contribution in [3.8, 4) is 10.7 Å². The molecule has 1 aromatic carbocycles. The predicted octanol–water partition coefficient (Wildman–Crippen LogP) is 4.84. The molecule has 0 unspecified atom stereocenters. The summed E-state index contributed by atoms with van der Waals surface area (Å²) in [5.74, 6) is -1.94. The largest absolute Gasteiger partial charge is 0.490 e. The van der Waals surface area contributed by atoms with Crippen LogP contribution in [0.25, 0.3) is 21.7 Å². The Labute approximate surface area is 222 Å². The highest BCUT2D eigenvalue weighted by atomic mass is 32.1. The first-order valence-electron chi connectivity index (χ1n) is 12.2. The molecule has 3 aromatic rings. The van der Waals surface area contributed by atoms with Gasteiger partial charge in [0.05, 0.1) is 11.6 Å². The van der Waals surface area contributed by atoms with E-state index in [4.69, 9.17) is 14.4 Å². The van der Waals surface area contributed by atoms with Crippen molar-refractivity contribution in [1.29, 1.82) is 0 Å². The highest BCUT2D eigenvalue weighted by Gasteiger charge is 2.38. The number of rotatable bonds is 7. The van der Waals surface area contributed by atoms with Crippen molar-refractivity contribution in [3.63, 3.8) is 0 Å². The van der Waals surface area contributed by atoms with Crippen LogP contribution in [0.2, 0.25) is 0 Å². The highest BCUT2D eigenvalue weighted by molar-refractivity contribution is 7.17. The van der Waals surface area contributed by atoms with Gasteiger partial charge in [-0.1, -0.05) is 12.1 Å². The van der Waals surface area contributed by atoms with E-state index in [9.17, 15) is 18.0 Å². The van der Waals surface area contributed by atoms with Crippen LogP contribution in [0, 0.1) is 5.92 Å². The van der Waals surface area contributed by atoms with Crippen LogP contribution >= 0.6 is 11.3 Å². The average molecular weight is 556 g/mol. The van der Waals surface area contributed by atoms with Crippen molar-refractivity contribution < 1.29 is 32.4 Å². The standard InChI is InChI=1S/C23H31N5O2S.C2HF3O2/c1-5-27(13-12-26(3)4)23(29)20-15-24-22(31-20)21-18-7-6-17(14-19(18)30-25-21)28-10-8-16(2)9-11-28;3-2(4,5)1(6)7/h6-7,14-16H,5,8-13H2,1-4H3;(H,6,7). The van der Waals surface area contributed by atoms with Gasteiger partial charge in [0.25, 0.3) is 5.91 Å². The van der Waals surface area contributed by atoms with Gasteiger partial charge in [-0.05, 0) is 51.9 Å². The number of fused-ring (bicyclic) bond motifs is 1. The number of carbonyl (C=O) groups excluding carboxylic acids is 1. The SMILES string of the molecule is CCN(CCN(C)C)C(=O)c1cnc(-c2noc3cc(N4CCC(C)CC4)ccc23)s1.O=C(O)C(F)(F)F. The van der Waals surface area contributed by atoms with Crippen LogP contribution in [0.3, 0.4) is 0 Å². The molecule has 208 valence electrons. The zero-order chi connectivity index (χ0) is 28.0. The number of hydrogen-bond acceptors (Lipinski definition) is 8. The Morgan fingerprint density at radius 2 is 1.87 bits per heavy atom. The number of halogens is 3. The average Bonchev–Trinajstić information content (AvgIpc) is 3.51. The summed E-state index contributed by atoms with van der Waals surface area (Å²) in [7, 11) is 4.02. The number of carboxylic acid groups (broad SMARTS) is 1. The summed E-state index contributed by atoms with van der Waals surface area (Å²) in [6.07, 6.45) is -0.984. The zero-order valence-corrected chi connectivity index (χ0v) is 22.6. The van der Waals surface area contributed by atoms with E-state index in [0.29, 0.717) is 28.7 Å². The molecule has 1 saturated heterocycles. The first-order valence-corrected chi connectivity index (χ1v) is 13.1. The van der Waals surface area contributed by atoms with E-state index in [0.717, 1.165) is 36.5 Å². The van der Waals surface area contributed by atoms with Gasteiger partial charge in [-0.15, -0.1) is 11.3 Å². The first kappa shape index (κ1) is 29.4. The minimum absolute atomic E-state index is 0.0162. The Morgan fingerprint density at radius 1 is 1.21 bits per heavy atom. The van der Waals surface area contributed by atoms with Gasteiger partial charge in [-0.2, -0.15) is 13.2 Å². The minimum Gasteiger partial charge on any atom is -0.475 e. The predicted molar refractivity (Wildman–Crippen MR) is 140 cm³/mol. The first-order chi connectivity index (χ1) is 17.9. The van der Waals surface area contributed by atoms with Gasteiger partial charge in [0, 0.05) is 44.5 Å². The molecule has 1 fully saturated rings. The lowest BCUT2D eigenvalue weighted by molar-refractivity contribution is -0.192. The second-order valence-electron chi connectivity index (χ2n) is 9.40. The Morgan fingerprint density at radius 3 is 2.45 bits per heavy atom. The fourth-order valence-electron chi connectivity index (χ4n) is 3.91. The van der Waals surface area contributed by atoms with E-state index in [1.807, 2.05) is 25.9 Å². The van der Waals surface area contributed by atoms with Crippen molar-refractivity contribution in [1.82, 2.24) is 19.9 Å². The van der Waals surface area contributed by atoms with Crippen molar-refractivity contribution in [2.75, 3.05) is 51.7 Å². The maximum Gasteiger partial charge on any atom is 0.490 e. The molecule has 13 heteroatoms. The molecule has 0 bridgehead atoms. The Kier molecular flexibility index (Phi) is 9.71. The number of nitrogens with zero attached hydrogens (tertiary/aromatic N) is 5. The molecule has 0 atom stereocenters. The number of alkyl halides is 3. The van der Waals surface area contributed by atoms with Crippen molar-refractivity contribution >= 4 is 39.9 Å². The van der Waals surface area contributed by atoms with Gasteiger partial charge in [-0.25, -0.2) is 9.78 Å².